The molecule has 0 spiro atoms. The maximum Gasteiger partial charge on any atom is 0.323 e. The van der Waals surface area contributed by atoms with Crippen LogP contribution in [0.15, 0.2) is 17.5 Å². The van der Waals surface area contributed by atoms with Gasteiger partial charge in [0.05, 0.1) is 0 Å². The number of carboxylic acid groups (broad SMARTS) is 1. The Morgan fingerprint density at radius 1 is 1.48 bits per heavy atom. The number of amides is 2. The quantitative estimate of drug-likeness (QED) is 0.813. The van der Waals surface area contributed by atoms with E-state index >= 15 is 0 Å². The number of carbonyl (C=O) groups excluding carboxylic acids is 1. The highest BCUT2D eigenvalue weighted by atomic mass is 32.1. The van der Waals surface area contributed by atoms with Gasteiger partial charge in [-0.05, 0) is 30.2 Å². The van der Waals surface area contributed by atoms with Gasteiger partial charge in [-0.15, -0.1) is 11.3 Å². The molecule has 1 aliphatic rings. The molecule has 2 N–H and O–H groups in total. The first-order valence-corrected chi connectivity index (χ1v) is 8.05. The van der Waals surface area contributed by atoms with Gasteiger partial charge in [0.1, 0.15) is 6.54 Å². The fourth-order valence-electron chi connectivity index (χ4n) is 2.15. The fraction of sp³-hybridized carbons (Fsp3) is 0.600. The molecular weight excluding hydrogens is 288 g/mol. The third-order valence-corrected chi connectivity index (χ3v) is 4.89. The maximum atomic E-state index is 12.2. The van der Waals surface area contributed by atoms with Crippen LogP contribution in [0.5, 0.6) is 0 Å². The van der Waals surface area contributed by atoms with E-state index in [9.17, 15) is 9.59 Å². The number of aliphatic carboxylic acids is 1. The average Bonchev–Trinajstić information content (AvgIpc) is 3.04. The lowest BCUT2D eigenvalue weighted by molar-refractivity contribution is -0.137. The molecule has 0 unspecified atom stereocenters. The number of hydrogen-bond donors (Lipinski definition) is 2. The van der Waals surface area contributed by atoms with Crippen molar-refractivity contribution in [2.75, 3.05) is 19.6 Å². The van der Waals surface area contributed by atoms with Gasteiger partial charge < -0.3 is 15.3 Å². The van der Waals surface area contributed by atoms with E-state index in [1.165, 1.54) is 9.78 Å². The van der Waals surface area contributed by atoms with E-state index in [1.807, 2.05) is 11.4 Å². The van der Waals surface area contributed by atoms with Crippen LogP contribution in [0.3, 0.4) is 0 Å². The molecule has 0 bridgehead atoms. The van der Waals surface area contributed by atoms with Gasteiger partial charge in [0.25, 0.3) is 0 Å². The zero-order valence-corrected chi connectivity index (χ0v) is 13.3. The lowest BCUT2D eigenvalue weighted by atomic mass is 9.91. The monoisotopic (exact) mass is 310 g/mol. The van der Waals surface area contributed by atoms with E-state index in [0.717, 1.165) is 12.8 Å². The van der Waals surface area contributed by atoms with Crippen LogP contribution in [0.4, 0.5) is 4.79 Å². The molecule has 0 saturated heterocycles. The van der Waals surface area contributed by atoms with Gasteiger partial charge in [0.15, 0.2) is 0 Å². The minimum absolute atomic E-state index is 0.154. The van der Waals surface area contributed by atoms with Gasteiger partial charge in [0.2, 0.25) is 0 Å². The predicted molar refractivity (Wildman–Crippen MR) is 82.7 cm³/mol. The third kappa shape index (κ3) is 4.74. The van der Waals surface area contributed by atoms with Crippen LogP contribution in [0.1, 0.15) is 31.6 Å². The molecule has 1 heterocycles. The molecule has 0 aromatic carbocycles. The van der Waals surface area contributed by atoms with Crippen molar-refractivity contribution in [3.8, 4) is 0 Å². The van der Waals surface area contributed by atoms with Crippen molar-refractivity contribution in [2.45, 2.75) is 32.1 Å². The van der Waals surface area contributed by atoms with Crippen molar-refractivity contribution in [2.24, 2.45) is 5.92 Å². The number of nitrogens with zero attached hydrogens (tertiary/aromatic N) is 1. The zero-order valence-electron chi connectivity index (χ0n) is 12.5. The molecule has 1 aromatic heterocycles. The number of carbonyl (C=O) groups is 2. The van der Waals surface area contributed by atoms with Crippen molar-refractivity contribution < 1.29 is 14.7 Å². The average molecular weight is 310 g/mol. The number of urea groups is 1. The highest BCUT2D eigenvalue weighted by molar-refractivity contribution is 7.10. The summed E-state index contributed by atoms with van der Waals surface area (Å²) in [6.45, 7) is 4.94. The summed E-state index contributed by atoms with van der Waals surface area (Å²) in [7, 11) is 0. The van der Waals surface area contributed by atoms with Crippen LogP contribution in [-0.4, -0.2) is 41.6 Å². The number of thiophene rings is 1. The summed E-state index contributed by atoms with van der Waals surface area (Å²) in [5.41, 5.74) is -0.154. The van der Waals surface area contributed by atoms with Gasteiger partial charge in [-0.3, -0.25) is 4.79 Å². The molecule has 0 radical (unpaired) electrons. The number of hydrogen-bond acceptors (Lipinski definition) is 3. The summed E-state index contributed by atoms with van der Waals surface area (Å²) in [6.07, 6.45) is 2.17. The van der Waals surface area contributed by atoms with Crippen LogP contribution in [0.2, 0.25) is 0 Å². The Balaban J connectivity index is 1.90. The summed E-state index contributed by atoms with van der Waals surface area (Å²) in [6, 6.07) is 3.76. The van der Waals surface area contributed by atoms with Gasteiger partial charge in [-0.25, -0.2) is 4.79 Å². The first-order valence-electron chi connectivity index (χ1n) is 7.17. The molecule has 116 valence electrons. The van der Waals surface area contributed by atoms with Gasteiger partial charge in [-0.2, -0.15) is 0 Å². The Hall–Kier alpha value is -1.56. The summed E-state index contributed by atoms with van der Waals surface area (Å²) in [5, 5.41) is 13.8. The Morgan fingerprint density at radius 3 is 2.71 bits per heavy atom. The van der Waals surface area contributed by atoms with E-state index in [0.29, 0.717) is 19.0 Å². The smallest absolute Gasteiger partial charge is 0.323 e. The topological polar surface area (TPSA) is 69.6 Å². The minimum atomic E-state index is -0.969. The van der Waals surface area contributed by atoms with Crippen LogP contribution in [-0.2, 0) is 10.2 Å². The van der Waals surface area contributed by atoms with Crippen LogP contribution in [0.25, 0.3) is 0 Å². The molecule has 0 atom stereocenters. The predicted octanol–water partition coefficient (Wildman–Crippen LogP) is 2.53. The molecule has 6 heteroatoms. The minimum Gasteiger partial charge on any atom is -0.480 e. The van der Waals surface area contributed by atoms with Crippen LogP contribution >= 0.6 is 11.3 Å². The molecule has 21 heavy (non-hydrogen) atoms. The molecule has 0 aliphatic heterocycles. The normalized spacial score (nSPS) is 14.8. The first-order chi connectivity index (χ1) is 9.88. The lowest BCUT2D eigenvalue weighted by Crippen LogP contribution is -2.47. The Bertz CT molecular complexity index is 495. The highest BCUT2D eigenvalue weighted by Gasteiger charge is 2.29. The lowest BCUT2D eigenvalue weighted by Gasteiger charge is -2.27. The Kier molecular flexibility index (Phi) is 4.88. The summed E-state index contributed by atoms with van der Waals surface area (Å²) in [5.74, 6) is -0.497. The second-order valence-corrected chi connectivity index (χ2v) is 7.19. The van der Waals surface area contributed by atoms with Gasteiger partial charge >= 0.3 is 12.0 Å². The highest BCUT2D eigenvalue weighted by Crippen LogP contribution is 2.30. The number of nitrogens with one attached hydrogen (secondary N) is 1. The summed E-state index contributed by atoms with van der Waals surface area (Å²) in [4.78, 5) is 25.7. The third-order valence-electron chi connectivity index (χ3n) is 3.66. The van der Waals surface area contributed by atoms with E-state index in [4.69, 9.17) is 5.11 Å². The first kappa shape index (κ1) is 15.8. The molecule has 1 aromatic rings. The van der Waals surface area contributed by atoms with E-state index in [2.05, 4.69) is 25.2 Å². The van der Waals surface area contributed by atoms with E-state index in [-0.39, 0.29) is 18.0 Å². The Morgan fingerprint density at radius 2 is 2.19 bits per heavy atom. The van der Waals surface area contributed by atoms with Crippen molar-refractivity contribution >= 4 is 23.3 Å². The van der Waals surface area contributed by atoms with Crippen molar-refractivity contribution in [3.05, 3.63) is 22.4 Å². The molecule has 5 nitrogen and oxygen atoms in total. The Labute approximate surface area is 129 Å². The summed E-state index contributed by atoms with van der Waals surface area (Å²) < 4.78 is 0. The van der Waals surface area contributed by atoms with E-state index < -0.39 is 5.97 Å². The van der Waals surface area contributed by atoms with Crippen LogP contribution in [0, 0.1) is 5.92 Å². The van der Waals surface area contributed by atoms with Gasteiger partial charge in [0, 0.05) is 23.4 Å². The molecule has 2 amide bonds. The second-order valence-electron chi connectivity index (χ2n) is 6.24. The largest absolute Gasteiger partial charge is 0.480 e. The zero-order chi connectivity index (χ0) is 15.5. The fourth-order valence-corrected chi connectivity index (χ4v) is 3.01. The summed E-state index contributed by atoms with van der Waals surface area (Å²) >= 11 is 1.66. The van der Waals surface area contributed by atoms with Gasteiger partial charge in [-0.1, -0.05) is 19.9 Å². The molecule has 1 fully saturated rings. The maximum absolute atomic E-state index is 12.2. The number of carboxylic acids is 1. The molecular formula is C15H22N2O3S. The van der Waals surface area contributed by atoms with Crippen molar-refractivity contribution in [1.29, 1.82) is 0 Å². The van der Waals surface area contributed by atoms with Crippen molar-refractivity contribution in [1.82, 2.24) is 10.2 Å². The second kappa shape index (κ2) is 6.47. The van der Waals surface area contributed by atoms with E-state index in [1.54, 1.807) is 11.3 Å². The van der Waals surface area contributed by atoms with Crippen molar-refractivity contribution in [3.63, 3.8) is 0 Å². The molecule has 2 rings (SSSR count). The standard InChI is InChI=1S/C15H22N2O3S/c1-15(2,12-4-3-7-21-12)10-16-14(20)17(9-13(18)19)8-11-5-6-11/h3-4,7,11H,5-6,8-10H2,1-2H3,(H,16,20)(H,18,19). The molecule has 1 saturated carbocycles. The SMILES string of the molecule is CC(C)(CNC(=O)N(CC(=O)O)CC1CC1)c1cccs1. The number of rotatable bonds is 7. The van der Waals surface area contributed by atoms with Crippen LogP contribution < -0.4 is 5.32 Å². The molecule has 1 aliphatic carbocycles.